The maximum atomic E-state index is 6.10. The first-order valence-corrected chi connectivity index (χ1v) is 6.96. The van der Waals surface area contributed by atoms with Crippen LogP contribution < -0.4 is 10.6 Å². The number of nitrogens with one attached hydrogen (secondary N) is 2. The minimum Gasteiger partial charge on any atom is -0.358 e. The molecule has 1 aromatic carbocycles. The average molecular weight is 336 g/mol. The van der Waals surface area contributed by atoms with Crippen molar-refractivity contribution in [1.82, 2.24) is 5.32 Å². The van der Waals surface area contributed by atoms with E-state index >= 15 is 0 Å². The quantitative estimate of drug-likeness (QED) is 0.791. The number of hydrogen-bond donors (Lipinski definition) is 2. The smallest absolute Gasteiger partial charge is 0.171 e. The van der Waals surface area contributed by atoms with E-state index in [1.807, 2.05) is 18.2 Å². The molecule has 0 atom stereocenters. The van der Waals surface area contributed by atoms with Crippen LogP contribution in [0.1, 0.15) is 27.2 Å². The fourth-order valence-corrected chi connectivity index (χ4v) is 2.25. The van der Waals surface area contributed by atoms with Crippen LogP contribution in [0.25, 0.3) is 0 Å². The van der Waals surface area contributed by atoms with Crippen LogP contribution in [0.5, 0.6) is 0 Å². The first-order chi connectivity index (χ1) is 7.84. The van der Waals surface area contributed by atoms with Gasteiger partial charge in [0.05, 0.1) is 10.7 Å². The first kappa shape index (κ1) is 14.7. The zero-order valence-corrected chi connectivity index (χ0v) is 13.3. The molecule has 5 heteroatoms. The minimum atomic E-state index is -0.0219. The standard InChI is InChI=1S/C12H16BrClN2S/c1-4-12(2,3)16-11(17)15-10-6-5-8(13)7-9(10)14/h5-7H,4H2,1-3H3,(H2,15,16,17). The summed E-state index contributed by atoms with van der Waals surface area (Å²) in [4.78, 5) is 0. The third kappa shape index (κ3) is 4.82. The molecule has 17 heavy (non-hydrogen) atoms. The summed E-state index contributed by atoms with van der Waals surface area (Å²) in [5.74, 6) is 0. The predicted octanol–water partition coefficient (Wildman–Crippen LogP) is 4.58. The molecule has 0 radical (unpaired) electrons. The van der Waals surface area contributed by atoms with Gasteiger partial charge in [-0.1, -0.05) is 34.5 Å². The minimum absolute atomic E-state index is 0.0219. The number of anilines is 1. The molecular weight excluding hydrogens is 320 g/mol. The summed E-state index contributed by atoms with van der Waals surface area (Å²) in [6.07, 6.45) is 0.989. The van der Waals surface area contributed by atoms with Crippen molar-refractivity contribution in [1.29, 1.82) is 0 Å². The Morgan fingerprint density at radius 2 is 2.12 bits per heavy atom. The van der Waals surface area contributed by atoms with E-state index in [0.717, 1.165) is 16.6 Å². The molecule has 0 unspecified atom stereocenters. The molecule has 0 aromatic heterocycles. The molecule has 0 saturated heterocycles. The van der Waals surface area contributed by atoms with Crippen LogP contribution in [-0.4, -0.2) is 10.7 Å². The molecule has 2 nitrogen and oxygen atoms in total. The highest BCUT2D eigenvalue weighted by molar-refractivity contribution is 9.10. The zero-order chi connectivity index (χ0) is 13.1. The molecule has 0 aliphatic heterocycles. The van der Waals surface area contributed by atoms with Crippen molar-refractivity contribution in [3.8, 4) is 0 Å². The van der Waals surface area contributed by atoms with Crippen LogP contribution in [0.3, 0.4) is 0 Å². The molecule has 0 spiro atoms. The van der Waals surface area contributed by atoms with Gasteiger partial charge in [-0.25, -0.2) is 0 Å². The van der Waals surface area contributed by atoms with Crippen molar-refractivity contribution in [2.45, 2.75) is 32.7 Å². The monoisotopic (exact) mass is 334 g/mol. The highest BCUT2D eigenvalue weighted by atomic mass is 79.9. The number of halogens is 2. The topological polar surface area (TPSA) is 24.1 Å². The van der Waals surface area contributed by atoms with Crippen molar-refractivity contribution in [3.63, 3.8) is 0 Å². The summed E-state index contributed by atoms with van der Waals surface area (Å²) < 4.78 is 0.945. The van der Waals surface area contributed by atoms with Gasteiger partial charge in [-0.2, -0.15) is 0 Å². The molecule has 0 saturated carbocycles. The number of hydrogen-bond acceptors (Lipinski definition) is 1. The average Bonchev–Trinajstić information content (AvgIpc) is 2.21. The molecular formula is C12H16BrClN2S. The van der Waals surface area contributed by atoms with Crippen molar-refractivity contribution >= 4 is 50.5 Å². The van der Waals surface area contributed by atoms with E-state index in [1.54, 1.807) is 0 Å². The van der Waals surface area contributed by atoms with E-state index in [4.69, 9.17) is 23.8 Å². The molecule has 0 amide bonds. The summed E-state index contributed by atoms with van der Waals surface area (Å²) in [5.41, 5.74) is 0.783. The van der Waals surface area contributed by atoms with Gasteiger partial charge in [0.15, 0.2) is 5.11 Å². The molecule has 1 rings (SSSR count). The lowest BCUT2D eigenvalue weighted by atomic mass is 10.0. The predicted molar refractivity (Wildman–Crippen MR) is 82.9 cm³/mol. The Hall–Kier alpha value is -0.320. The second kappa shape index (κ2) is 6.03. The molecule has 0 heterocycles. The van der Waals surface area contributed by atoms with Gasteiger partial charge in [0, 0.05) is 10.0 Å². The van der Waals surface area contributed by atoms with Crippen molar-refractivity contribution in [2.75, 3.05) is 5.32 Å². The maximum absolute atomic E-state index is 6.10. The summed E-state index contributed by atoms with van der Waals surface area (Å²) in [6.45, 7) is 6.32. The molecule has 2 N–H and O–H groups in total. The summed E-state index contributed by atoms with van der Waals surface area (Å²) >= 11 is 14.7. The van der Waals surface area contributed by atoms with Crippen LogP contribution in [-0.2, 0) is 0 Å². The Bertz CT molecular complexity index is 421. The van der Waals surface area contributed by atoms with Crippen molar-refractivity contribution in [2.24, 2.45) is 0 Å². The van der Waals surface area contributed by atoms with E-state index in [9.17, 15) is 0 Å². The van der Waals surface area contributed by atoms with Crippen LogP contribution in [0.15, 0.2) is 22.7 Å². The van der Waals surface area contributed by atoms with Crippen LogP contribution in [0.4, 0.5) is 5.69 Å². The number of benzene rings is 1. The van der Waals surface area contributed by atoms with E-state index < -0.39 is 0 Å². The van der Waals surface area contributed by atoms with Crippen molar-refractivity contribution in [3.05, 3.63) is 27.7 Å². The number of rotatable bonds is 3. The summed E-state index contributed by atoms with van der Waals surface area (Å²) in [6, 6.07) is 5.64. The third-order valence-corrected chi connectivity index (χ3v) is 3.53. The molecule has 0 aliphatic rings. The highest BCUT2D eigenvalue weighted by Gasteiger charge is 2.15. The van der Waals surface area contributed by atoms with Crippen LogP contribution in [0.2, 0.25) is 5.02 Å². The lowest BCUT2D eigenvalue weighted by molar-refractivity contribution is 0.448. The van der Waals surface area contributed by atoms with Gasteiger partial charge in [0.2, 0.25) is 0 Å². The largest absolute Gasteiger partial charge is 0.358 e. The normalized spacial score (nSPS) is 11.1. The van der Waals surface area contributed by atoms with Crippen molar-refractivity contribution < 1.29 is 0 Å². The zero-order valence-electron chi connectivity index (χ0n) is 10.1. The Morgan fingerprint density at radius 3 is 2.65 bits per heavy atom. The molecule has 0 bridgehead atoms. The van der Waals surface area contributed by atoms with E-state index in [-0.39, 0.29) is 5.54 Å². The molecule has 0 fully saturated rings. The van der Waals surface area contributed by atoms with Crippen LogP contribution in [0, 0.1) is 0 Å². The Morgan fingerprint density at radius 1 is 1.47 bits per heavy atom. The van der Waals surface area contributed by atoms with Gasteiger partial charge >= 0.3 is 0 Å². The molecule has 0 aliphatic carbocycles. The van der Waals surface area contributed by atoms with Gasteiger partial charge in [-0.05, 0) is 50.7 Å². The van der Waals surface area contributed by atoms with Gasteiger partial charge in [0.25, 0.3) is 0 Å². The summed E-state index contributed by atoms with van der Waals surface area (Å²) in [7, 11) is 0. The van der Waals surface area contributed by atoms with Gasteiger partial charge < -0.3 is 10.6 Å². The lowest BCUT2D eigenvalue weighted by Gasteiger charge is -2.26. The Kier molecular flexibility index (Phi) is 5.22. The van der Waals surface area contributed by atoms with Crippen LogP contribution >= 0.6 is 39.7 Å². The Balaban J connectivity index is 2.69. The number of thiocarbonyl (C=S) groups is 1. The SMILES string of the molecule is CCC(C)(C)NC(=S)Nc1ccc(Br)cc1Cl. The van der Waals surface area contributed by atoms with E-state index in [2.05, 4.69) is 47.3 Å². The van der Waals surface area contributed by atoms with Gasteiger partial charge in [-0.15, -0.1) is 0 Å². The fourth-order valence-electron chi connectivity index (χ4n) is 1.14. The van der Waals surface area contributed by atoms with Gasteiger partial charge in [-0.3, -0.25) is 0 Å². The second-order valence-electron chi connectivity index (χ2n) is 4.44. The third-order valence-electron chi connectivity index (χ3n) is 2.52. The maximum Gasteiger partial charge on any atom is 0.171 e. The van der Waals surface area contributed by atoms with E-state index in [1.165, 1.54) is 0 Å². The van der Waals surface area contributed by atoms with E-state index in [0.29, 0.717) is 10.1 Å². The first-order valence-electron chi connectivity index (χ1n) is 5.38. The van der Waals surface area contributed by atoms with Gasteiger partial charge in [0.1, 0.15) is 0 Å². The fraction of sp³-hybridized carbons (Fsp3) is 0.417. The second-order valence-corrected chi connectivity index (χ2v) is 6.17. The summed E-state index contributed by atoms with van der Waals surface area (Å²) in [5, 5.41) is 7.56. The lowest BCUT2D eigenvalue weighted by Crippen LogP contribution is -2.44. The Labute approximate surface area is 121 Å². The molecule has 1 aromatic rings. The molecule has 94 valence electrons. The highest BCUT2D eigenvalue weighted by Crippen LogP contribution is 2.25.